The van der Waals surface area contributed by atoms with Crippen molar-refractivity contribution in [2.24, 2.45) is 0 Å². The Morgan fingerprint density at radius 1 is 0.963 bits per heavy atom. The number of nitrogens with one attached hydrogen (secondary N) is 1. The predicted molar refractivity (Wildman–Crippen MR) is 102 cm³/mol. The highest BCUT2D eigenvalue weighted by molar-refractivity contribution is 7.89. The quantitative estimate of drug-likeness (QED) is 0.608. The Kier molecular flexibility index (Phi) is 6.49. The summed E-state index contributed by atoms with van der Waals surface area (Å²) in [4.78, 5) is 25.0. The van der Waals surface area contributed by atoms with Crippen LogP contribution >= 0.6 is 0 Å². The number of sulfonamides is 1. The van der Waals surface area contributed by atoms with Crippen molar-refractivity contribution in [1.29, 1.82) is 0 Å². The van der Waals surface area contributed by atoms with Gasteiger partial charge in [-0.15, -0.1) is 0 Å². The topological polar surface area (TPSA) is 86.8 Å². The van der Waals surface area contributed by atoms with E-state index >= 15 is 0 Å². The molecule has 3 rings (SSSR count). The van der Waals surface area contributed by atoms with E-state index in [4.69, 9.17) is 0 Å². The van der Waals surface area contributed by atoms with Gasteiger partial charge in [-0.3, -0.25) is 9.59 Å². The third-order valence-electron chi connectivity index (χ3n) is 5.37. The zero-order chi connectivity index (χ0) is 19.3. The molecule has 27 heavy (non-hydrogen) atoms. The maximum atomic E-state index is 12.7. The zero-order valence-electron chi connectivity index (χ0n) is 15.5. The average molecular weight is 394 g/mol. The molecule has 1 aliphatic carbocycles. The Morgan fingerprint density at radius 3 is 2.11 bits per heavy atom. The van der Waals surface area contributed by atoms with E-state index < -0.39 is 10.0 Å². The smallest absolute Gasteiger partial charge is 0.251 e. The second kappa shape index (κ2) is 8.84. The Balaban J connectivity index is 1.63. The van der Waals surface area contributed by atoms with E-state index in [2.05, 4.69) is 5.32 Å². The SMILES string of the molecule is O=CN1CCN(S(=O)(=O)c2ccc(C(=O)NC3CCCCCC3)cc2)CC1. The number of piperazine rings is 1. The molecule has 2 aliphatic rings. The van der Waals surface area contributed by atoms with Gasteiger partial charge in [0.1, 0.15) is 0 Å². The van der Waals surface area contributed by atoms with Crippen LogP contribution in [0.1, 0.15) is 48.9 Å². The molecule has 0 aromatic heterocycles. The molecule has 0 spiro atoms. The lowest BCUT2D eigenvalue weighted by molar-refractivity contribution is -0.119. The molecule has 7 nitrogen and oxygen atoms in total. The molecular weight excluding hydrogens is 366 g/mol. The van der Waals surface area contributed by atoms with E-state index in [1.807, 2.05) is 0 Å². The van der Waals surface area contributed by atoms with Gasteiger partial charge < -0.3 is 10.2 Å². The summed E-state index contributed by atoms with van der Waals surface area (Å²) in [6.45, 7) is 1.35. The number of hydrogen-bond acceptors (Lipinski definition) is 4. The van der Waals surface area contributed by atoms with Gasteiger partial charge in [-0.1, -0.05) is 25.7 Å². The number of carbonyl (C=O) groups is 2. The van der Waals surface area contributed by atoms with Crippen LogP contribution in [0, 0.1) is 0 Å². The molecule has 0 bridgehead atoms. The number of rotatable bonds is 5. The molecule has 1 saturated carbocycles. The van der Waals surface area contributed by atoms with Gasteiger partial charge in [-0.2, -0.15) is 4.31 Å². The highest BCUT2D eigenvalue weighted by atomic mass is 32.2. The van der Waals surface area contributed by atoms with Crippen LogP contribution in [0.5, 0.6) is 0 Å². The van der Waals surface area contributed by atoms with Gasteiger partial charge >= 0.3 is 0 Å². The first-order chi connectivity index (χ1) is 13.0. The van der Waals surface area contributed by atoms with Crippen LogP contribution in [0.15, 0.2) is 29.2 Å². The Labute approximate surface area is 160 Å². The number of hydrogen-bond donors (Lipinski definition) is 1. The van der Waals surface area contributed by atoms with Crippen LogP contribution in [-0.2, 0) is 14.8 Å². The molecule has 148 valence electrons. The predicted octanol–water partition coefficient (Wildman–Crippen LogP) is 1.60. The maximum Gasteiger partial charge on any atom is 0.251 e. The summed E-state index contributed by atoms with van der Waals surface area (Å²) in [5, 5.41) is 3.07. The van der Waals surface area contributed by atoms with Gasteiger partial charge in [0.2, 0.25) is 16.4 Å². The summed E-state index contributed by atoms with van der Waals surface area (Å²) in [6.07, 6.45) is 7.47. The third-order valence-corrected chi connectivity index (χ3v) is 7.28. The van der Waals surface area contributed by atoms with Crippen LogP contribution in [0.3, 0.4) is 0 Å². The van der Waals surface area contributed by atoms with Crippen molar-refractivity contribution in [1.82, 2.24) is 14.5 Å². The van der Waals surface area contributed by atoms with Crippen molar-refractivity contribution >= 4 is 22.3 Å². The van der Waals surface area contributed by atoms with E-state index in [1.54, 1.807) is 17.0 Å². The number of carbonyl (C=O) groups excluding carboxylic acids is 2. The fourth-order valence-corrected chi connectivity index (χ4v) is 5.09. The molecule has 0 atom stereocenters. The van der Waals surface area contributed by atoms with E-state index in [0.717, 1.165) is 32.1 Å². The van der Waals surface area contributed by atoms with Crippen LogP contribution in [0.25, 0.3) is 0 Å². The fourth-order valence-electron chi connectivity index (χ4n) is 3.67. The van der Waals surface area contributed by atoms with Crippen molar-refractivity contribution in [3.63, 3.8) is 0 Å². The van der Waals surface area contributed by atoms with Crippen molar-refractivity contribution in [2.45, 2.75) is 49.5 Å². The lowest BCUT2D eigenvalue weighted by Crippen LogP contribution is -2.47. The van der Waals surface area contributed by atoms with Gasteiger partial charge in [0.15, 0.2) is 0 Å². The van der Waals surface area contributed by atoms with Gasteiger partial charge in [-0.05, 0) is 37.1 Å². The lowest BCUT2D eigenvalue weighted by atomic mass is 10.1. The van der Waals surface area contributed by atoms with E-state index in [1.165, 1.54) is 29.3 Å². The third kappa shape index (κ3) is 4.87. The van der Waals surface area contributed by atoms with Gasteiger partial charge in [0.25, 0.3) is 5.91 Å². The minimum Gasteiger partial charge on any atom is -0.349 e. The molecule has 1 saturated heterocycles. The number of amides is 2. The summed E-state index contributed by atoms with van der Waals surface area (Å²) in [7, 11) is -3.61. The van der Waals surface area contributed by atoms with E-state index in [9.17, 15) is 18.0 Å². The molecule has 0 radical (unpaired) electrons. The molecule has 1 aromatic rings. The summed E-state index contributed by atoms with van der Waals surface area (Å²) >= 11 is 0. The second-order valence-electron chi connectivity index (χ2n) is 7.23. The number of benzene rings is 1. The van der Waals surface area contributed by atoms with Crippen molar-refractivity contribution in [3.05, 3.63) is 29.8 Å². The van der Waals surface area contributed by atoms with Crippen molar-refractivity contribution in [2.75, 3.05) is 26.2 Å². The van der Waals surface area contributed by atoms with Crippen molar-refractivity contribution < 1.29 is 18.0 Å². The first kappa shape index (κ1) is 19.8. The Morgan fingerprint density at radius 2 is 1.56 bits per heavy atom. The molecule has 1 heterocycles. The normalized spacial score (nSPS) is 20.1. The highest BCUT2D eigenvalue weighted by Crippen LogP contribution is 2.20. The fraction of sp³-hybridized carbons (Fsp3) is 0.579. The molecule has 1 N–H and O–H groups in total. The molecule has 2 amide bonds. The van der Waals surface area contributed by atoms with Gasteiger partial charge in [-0.25, -0.2) is 8.42 Å². The second-order valence-corrected chi connectivity index (χ2v) is 9.17. The summed E-state index contributed by atoms with van der Waals surface area (Å²) in [6, 6.07) is 6.33. The average Bonchev–Trinajstić information content (AvgIpc) is 2.96. The molecule has 8 heteroatoms. The summed E-state index contributed by atoms with van der Waals surface area (Å²) < 4.78 is 26.9. The molecular formula is C19H27N3O4S. The first-order valence-electron chi connectivity index (χ1n) is 9.61. The Bertz CT molecular complexity index is 748. The van der Waals surface area contributed by atoms with E-state index in [0.29, 0.717) is 18.7 Å². The lowest BCUT2D eigenvalue weighted by Gasteiger charge is -2.31. The van der Waals surface area contributed by atoms with Crippen LogP contribution in [0.2, 0.25) is 0 Å². The molecule has 0 unspecified atom stereocenters. The van der Waals surface area contributed by atoms with E-state index in [-0.39, 0.29) is 29.9 Å². The summed E-state index contributed by atoms with van der Waals surface area (Å²) in [5.41, 5.74) is 0.476. The Hall–Kier alpha value is -1.93. The van der Waals surface area contributed by atoms with Gasteiger partial charge in [0, 0.05) is 37.8 Å². The van der Waals surface area contributed by atoms with Crippen LogP contribution in [-0.4, -0.2) is 62.2 Å². The maximum absolute atomic E-state index is 12.7. The molecule has 1 aliphatic heterocycles. The zero-order valence-corrected chi connectivity index (χ0v) is 16.3. The van der Waals surface area contributed by atoms with Crippen molar-refractivity contribution in [3.8, 4) is 0 Å². The molecule has 1 aromatic carbocycles. The molecule has 2 fully saturated rings. The minimum absolute atomic E-state index is 0.148. The van der Waals surface area contributed by atoms with Crippen LogP contribution in [0.4, 0.5) is 0 Å². The van der Waals surface area contributed by atoms with Crippen LogP contribution < -0.4 is 5.32 Å². The van der Waals surface area contributed by atoms with Gasteiger partial charge in [0.05, 0.1) is 4.90 Å². The largest absolute Gasteiger partial charge is 0.349 e. The highest BCUT2D eigenvalue weighted by Gasteiger charge is 2.28. The monoisotopic (exact) mass is 393 g/mol. The standard InChI is InChI=1S/C19H27N3O4S/c23-15-21-11-13-22(14-12-21)27(25,26)18-9-7-16(8-10-18)19(24)20-17-5-3-1-2-4-6-17/h7-10,15,17H,1-6,11-14H2,(H,20,24). The summed E-state index contributed by atoms with van der Waals surface area (Å²) in [5.74, 6) is -0.148. The first-order valence-corrected chi connectivity index (χ1v) is 11.0. The minimum atomic E-state index is -3.61. The number of nitrogens with zero attached hydrogens (tertiary/aromatic N) is 2.